The number of benzene rings is 1. The molecule has 0 atom stereocenters. The van der Waals surface area contributed by atoms with E-state index >= 15 is 0 Å². The van der Waals surface area contributed by atoms with Gasteiger partial charge in [0.25, 0.3) is 0 Å². The number of nitrogens with zero attached hydrogens (tertiary/aromatic N) is 1. The standard InChI is InChI=1S/C20H13NO5S/c22-17-8-12(25-11-18(17)23)10-26-20(24)14-9-16(19-6-3-7-27-19)21-15-5-2-1-4-13(14)15/h1-9,11,23H,10H2. The van der Waals surface area contributed by atoms with Gasteiger partial charge in [0.15, 0.2) is 5.75 Å². The number of carbonyl (C=O) groups excluding carboxylic acids is 1. The molecule has 0 aliphatic rings. The van der Waals surface area contributed by atoms with Crippen molar-refractivity contribution in [2.75, 3.05) is 0 Å². The normalized spacial score (nSPS) is 10.8. The van der Waals surface area contributed by atoms with Crippen molar-refractivity contribution >= 4 is 28.2 Å². The Morgan fingerprint density at radius 1 is 1.19 bits per heavy atom. The van der Waals surface area contributed by atoms with Gasteiger partial charge in [0.2, 0.25) is 5.43 Å². The van der Waals surface area contributed by atoms with Crippen molar-refractivity contribution in [3.8, 4) is 16.3 Å². The zero-order valence-corrected chi connectivity index (χ0v) is 14.7. The minimum atomic E-state index is -0.596. The number of rotatable bonds is 4. The molecule has 0 saturated heterocycles. The summed E-state index contributed by atoms with van der Waals surface area (Å²) in [5, 5.41) is 11.8. The SMILES string of the molecule is O=C(OCc1cc(=O)c(O)co1)c1cc(-c2cccs2)nc2ccccc12. The molecule has 134 valence electrons. The molecule has 3 heterocycles. The molecule has 0 spiro atoms. The van der Waals surface area contributed by atoms with E-state index in [4.69, 9.17) is 9.15 Å². The fourth-order valence-electron chi connectivity index (χ4n) is 2.63. The first-order chi connectivity index (χ1) is 13.1. The van der Waals surface area contributed by atoms with Crippen LogP contribution in [0, 0.1) is 0 Å². The van der Waals surface area contributed by atoms with Gasteiger partial charge in [-0.05, 0) is 23.6 Å². The third kappa shape index (κ3) is 3.45. The summed E-state index contributed by atoms with van der Waals surface area (Å²) in [4.78, 5) is 29.7. The summed E-state index contributed by atoms with van der Waals surface area (Å²) < 4.78 is 10.4. The Bertz CT molecular complexity index is 1180. The molecule has 1 aromatic carbocycles. The van der Waals surface area contributed by atoms with Gasteiger partial charge < -0.3 is 14.3 Å². The van der Waals surface area contributed by atoms with E-state index in [1.165, 1.54) is 11.3 Å². The molecule has 0 saturated carbocycles. The molecule has 27 heavy (non-hydrogen) atoms. The molecule has 4 aromatic rings. The van der Waals surface area contributed by atoms with Crippen LogP contribution in [0.15, 0.2) is 69.4 Å². The lowest BCUT2D eigenvalue weighted by atomic mass is 10.1. The summed E-state index contributed by atoms with van der Waals surface area (Å²) in [5.74, 6) is -0.907. The average molecular weight is 379 g/mol. The first-order valence-electron chi connectivity index (χ1n) is 8.03. The molecule has 6 nitrogen and oxygen atoms in total. The van der Waals surface area contributed by atoms with E-state index in [2.05, 4.69) is 4.98 Å². The van der Waals surface area contributed by atoms with Crippen LogP contribution in [0.3, 0.4) is 0 Å². The molecule has 0 aliphatic carbocycles. The van der Waals surface area contributed by atoms with Crippen molar-refractivity contribution in [3.63, 3.8) is 0 Å². The van der Waals surface area contributed by atoms with Crippen molar-refractivity contribution in [2.24, 2.45) is 0 Å². The number of aromatic nitrogens is 1. The predicted octanol–water partition coefficient (Wildman–Crippen LogP) is 3.98. The number of thiophene rings is 1. The van der Waals surface area contributed by atoms with Gasteiger partial charge in [-0.15, -0.1) is 11.3 Å². The molecule has 7 heteroatoms. The summed E-state index contributed by atoms with van der Waals surface area (Å²) in [6.07, 6.45) is 0.919. The van der Waals surface area contributed by atoms with Crippen molar-refractivity contribution in [1.82, 2.24) is 4.98 Å². The summed E-state index contributed by atoms with van der Waals surface area (Å²) in [5.41, 5.74) is 1.16. The van der Waals surface area contributed by atoms with Crippen molar-refractivity contribution in [2.45, 2.75) is 6.61 Å². The Morgan fingerprint density at radius 2 is 2.04 bits per heavy atom. The second-order valence-electron chi connectivity index (χ2n) is 5.72. The smallest absolute Gasteiger partial charge is 0.339 e. The number of pyridine rings is 1. The minimum Gasteiger partial charge on any atom is -0.502 e. The van der Waals surface area contributed by atoms with Gasteiger partial charge >= 0.3 is 5.97 Å². The van der Waals surface area contributed by atoms with E-state index in [0.717, 1.165) is 17.2 Å². The lowest BCUT2D eigenvalue weighted by molar-refractivity contribution is 0.0445. The Labute approximate surface area is 157 Å². The van der Waals surface area contributed by atoms with Gasteiger partial charge in [0, 0.05) is 11.5 Å². The van der Waals surface area contributed by atoms with Crippen molar-refractivity contribution < 1.29 is 19.1 Å². The van der Waals surface area contributed by atoms with Crippen LogP contribution in [-0.2, 0) is 11.3 Å². The van der Waals surface area contributed by atoms with E-state index in [0.29, 0.717) is 22.2 Å². The third-order valence-electron chi connectivity index (χ3n) is 3.92. The van der Waals surface area contributed by atoms with Crippen LogP contribution in [0.4, 0.5) is 0 Å². The zero-order valence-electron chi connectivity index (χ0n) is 13.9. The van der Waals surface area contributed by atoms with Crippen LogP contribution in [0.25, 0.3) is 21.5 Å². The summed E-state index contributed by atoms with van der Waals surface area (Å²) in [6, 6.07) is 14.0. The highest BCUT2D eigenvalue weighted by molar-refractivity contribution is 7.13. The maximum absolute atomic E-state index is 12.7. The highest BCUT2D eigenvalue weighted by Crippen LogP contribution is 2.28. The van der Waals surface area contributed by atoms with E-state index in [1.54, 1.807) is 12.1 Å². The van der Waals surface area contributed by atoms with E-state index in [-0.39, 0.29) is 12.4 Å². The number of fused-ring (bicyclic) bond motifs is 1. The highest BCUT2D eigenvalue weighted by Gasteiger charge is 2.16. The molecule has 0 amide bonds. The average Bonchev–Trinajstić information content (AvgIpc) is 3.22. The molecule has 0 bridgehead atoms. The largest absolute Gasteiger partial charge is 0.502 e. The summed E-state index contributed by atoms with van der Waals surface area (Å²) >= 11 is 1.53. The van der Waals surface area contributed by atoms with Gasteiger partial charge in [0.05, 0.1) is 21.7 Å². The maximum Gasteiger partial charge on any atom is 0.339 e. The van der Waals surface area contributed by atoms with Gasteiger partial charge in [-0.2, -0.15) is 0 Å². The van der Waals surface area contributed by atoms with Crippen LogP contribution >= 0.6 is 11.3 Å². The second kappa shape index (κ2) is 7.05. The molecule has 0 aliphatic heterocycles. The fourth-order valence-corrected chi connectivity index (χ4v) is 3.31. The predicted molar refractivity (Wildman–Crippen MR) is 101 cm³/mol. The van der Waals surface area contributed by atoms with Gasteiger partial charge in [0.1, 0.15) is 18.6 Å². The Balaban J connectivity index is 1.68. The first kappa shape index (κ1) is 17.0. The Hall–Kier alpha value is -3.45. The Morgan fingerprint density at radius 3 is 2.81 bits per heavy atom. The van der Waals surface area contributed by atoms with Crippen molar-refractivity contribution in [1.29, 1.82) is 0 Å². The minimum absolute atomic E-state index is 0.142. The lowest BCUT2D eigenvalue weighted by Crippen LogP contribution is -2.08. The molecule has 4 rings (SSSR count). The summed E-state index contributed by atoms with van der Waals surface area (Å²) in [6.45, 7) is -0.223. The zero-order chi connectivity index (χ0) is 18.8. The molecular weight excluding hydrogens is 366 g/mol. The van der Waals surface area contributed by atoms with E-state index in [9.17, 15) is 14.7 Å². The van der Waals surface area contributed by atoms with Crippen LogP contribution < -0.4 is 5.43 Å². The van der Waals surface area contributed by atoms with Crippen LogP contribution in [0.1, 0.15) is 16.1 Å². The summed E-state index contributed by atoms with van der Waals surface area (Å²) in [7, 11) is 0. The van der Waals surface area contributed by atoms with Crippen LogP contribution in [0.2, 0.25) is 0 Å². The molecular formula is C20H13NO5S. The number of hydrogen-bond donors (Lipinski definition) is 1. The van der Waals surface area contributed by atoms with Crippen molar-refractivity contribution in [3.05, 3.63) is 81.7 Å². The molecule has 1 N–H and O–H groups in total. The lowest BCUT2D eigenvalue weighted by Gasteiger charge is -2.09. The van der Waals surface area contributed by atoms with E-state index < -0.39 is 17.1 Å². The number of carbonyl (C=O) groups is 1. The maximum atomic E-state index is 12.7. The van der Waals surface area contributed by atoms with Crippen LogP contribution in [0.5, 0.6) is 5.75 Å². The number of para-hydroxylation sites is 1. The number of hydrogen-bond acceptors (Lipinski definition) is 7. The van der Waals surface area contributed by atoms with E-state index in [1.807, 2.05) is 35.7 Å². The number of esters is 1. The monoisotopic (exact) mass is 379 g/mol. The molecule has 3 aromatic heterocycles. The fraction of sp³-hybridized carbons (Fsp3) is 0.0500. The molecule has 0 fully saturated rings. The highest BCUT2D eigenvalue weighted by atomic mass is 32.1. The van der Waals surface area contributed by atoms with Crippen LogP contribution in [-0.4, -0.2) is 16.1 Å². The first-order valence-corrected chi connectivity index (χ1v) is 8.91. The van der Waals surface area contributed by atoms with Gasteiger partial charge in [-0.3, -0.25) is 4.79 Å². The quantitative estimate of drug-likeness (QED) is 0.540. The second-order valence-corrected chi connectivity index (χ2v) is 6.67. The Kier molecular flexibility index (Phi) is 4.43. The number of aromatic hydroxyl groups is 1. The van der Waals surface area contributed by atoms with Gasteiger partial charge in [-0.25, -0.2) is 9.78 Å². The topological polar surface area (TPSA) is 89.6 Å². The third-order valence-corrected chi connectivity index (χ3v) is 4.81. The molecule has 0 radical (unpaired) electrons. The molecule has 0 unspecified atom stereocenters. The van der Waals surface area contributed by atoms with Gasteiger partial charge in [-0.1, -0.05) is 24.3 Å². The number of ether oxygens (including phenoxy) is 1.